The molecule has 0 spiro atoms. The lowest BCUT2D eigenvalue weighted by Gasteiger charge is -2.08. The number of benzene rings is 1. The first kappa shape index (κ1) is 15.7. The Hall–Kier alpha value is -3.15. The molecule has 2 heterocycles. The number of nitrogens with zero attached hydrogens (tertiary/aromatic N) is 2. The minimum atomic E-state index is -0.0979. The second-order valence-electron chi connectivity index (χ2n) is 5.13. The number of carbonyl (C=O) groups is 1. The van der Waals surface area contributed by atoms with E-state index in [9.17, 15) is 4.79 Å². The highest BCUT2D eigenvalue weighted by molar-refractivity contribution is 5.78. The van der Waals surface area contributed by atoms with Gasteiger partial charge in [-0.05, 0) is 29.8 Å². The van der Waals surface area contributed by atoms with Gasteiger partial charge in [0.2, 0.25) is 5.91 Å². The fourth-order valence-electron chi connectivity index (χ4n) is 2.33. The molecule has 3 aromatic rings. The smallest absolute Gasteiger partial charge is 0.224 e. The Bertz CT molecular complexity index is 816. The van der Waals surface area contributed by atoms with Gasteiger partial charge >= 0.3 is 0 Å². The van der Waals surface area contributed by atoms with Crippen molar-refractivity contribution in [1.82, 2.24) is 15.3 Å². The van der Waals surface area contributed by atoms with Crippen LogP contribution in [0, 0.1) is 0 Å². The van der Waals surface area contributed by atoms with Crippen molar-refractivity contribution < 1.29 is 13.9 Å². The van der Waals surface area contributed by atoms with Gasteiger partial charge in [0.05, 0.1) is 32.0 Å². The summed E-state index contributed by atoms with van der Waals surface area (Å²) in [5.74, 6) is 1.26. The third kappa shape index (κ3) is 3.78. The van der Waals surface area contributed by atoms with Crippen molar-refractivity contribution >= 4 is 5.91 Å². The maximum atomic E-state index is 12.2. The summed E-state index contributed by atoms with van der Waals surface area (Å²) in [6.45, 7) is 0.284. The molecule has 0 saturated carbocycles. The van der Waals surface area contributed by atoms with Crippen molar-refractivity contribution in [3.05, 3.63) is 66.3 Å². The van der Waals surface area contributed by atoms with Crippen LogP contribution in [0.4, 0.5) is 0 Å². The van der Waals surface area contributed by atoms with E-state index in [0.29, 0.717) is 17.1 Å². The van der Waals surface area contributed by atoms with E-state index in [-0.39, 0.29) is 18.9 Å². The van der Waals surface area contributed by atoms with Crippen molar-refractivity contribution in [3.63, 3.8) is 0 Å². The normalized spacial score (nSPS) is 10.4. The van der Waals surface area contributed by atoms with E-state index in [1.807, 2.05) is 30.3 Å². The van der Waals surface area contributed by atoms with Crippen LogP contribution in [0.2, 0.25) is 0 Å². The number of hydrogen-bond acceptors (Lipinski definition) is 5. The van der Waals surface area contributed by atoms with Gasteiger partial charge in [0.25, 0.3) is 0 Å². The Morgan fingerprint density at radius 2 is 2.08 bits per heavy atom. The van der Waals surface area contributed by atoms with E-state index in [2.05, 4.69) is 15.3 Å². The van der Waals surface area contributed by atoms with Crippen LogP contribution < -0.4 is 10.1 Å². The molecule has 24 heavy (non-hydrogen) atoms. The highest BCUT2D eigenvalue weighted by Crippen LogP contribution is 2.19. The van der Waals surface area contributed by atoms with E-state index >= 15 is 0 Å². The predicted octanol–water partition coefficient (Wildman–Crippen LogP) is 2.60. The number of furan rings is 1. The lowest BCUT2D eigenvalue weighted by molar-refractivity contribution is -0.120. The lowest BCUT2D eigenvalue weighted by Crippen LogP contribution is -2.25. The minimum absolute atomic E-state index is 0.0979. The Balaban J connectivity index is 1.65. The number of ether oxygens (including phenoxy) is 1. The van der Waals surface area contributed by atoms with Gasteiger partial charge in [0.15, 0.2) is 5.76 Å². The molecule has 1 amide bonds. The third-order valence-electron chi connectivity index (χ3n) is 3.48. The number of hydrogen-bond donors (Lipinski definition) is 1. The van der Waals surface area contributed by atoms with Crippen molar-refractivity contribution in [1.29, 1.82) is 0 Å². The van der Waals surface area contributed by atoms with Crippen LogP contribution in [0.1, 0.15) is 11.3 Å². The molecule has 1 N–H and O–H groups in total. The summed E-state index contributed by atoms with van der Waals surface area (Å²) in [4.78, 5) is 20.7. The van der Waals surface area contributed by atoms with Gasteiger partial charge in [0.1, 0.15) is 11.4 Å². The van der Waals surface area contributed by atoms with Crippen LogP contribution in [0.25, 0.3) is 11.5 Å². The van der Waals surface area contributed by atoms with Crippen molar-refractivity contribution in [3.8, 4) is 17.2 Å². The summed E-state index contributed by atoms with van der Waals surface area (Å²) in [6.07, 6.45) is 5.04. The second-order valence-corrected chi connectivity index (χ2v) is 5.13. The maximum Gasteiger partial charge on any atom is 0.224 e. The van der Waals surface area contributed by atoms with Gasteiger partial charge in [-0.15, -0.1) is 0 Å². The quantitative estimate of drug-likeness (QED) is 0.754. The Morgan fingerprint density at radius 1 is 1.21 bits per heavy atom. The fourth-order valence-corrected chi connectivity index (χ4v) is 2.33. The molecule has 0 fully saturated rings. The zero-order valence-electron chi connectivity index (χ0n) is 13.2. The van der Waals surface area contributed by atoms with Crippen molar-refractivity contribution in [2.45, 2.75) is 13.0 Å². The maximum absolute atomic E-state index is 12.2. The van der Waals surface area contributed by atoms with Crippen molar-refractivity contribution in [2.24, 2.45) is 0 Å². The van der Waals surface area contributed by atoms with Gasteiger partial charge in [0, 0.05) is 12.4 Å². The van der Waals surface area contributed by atoms with E-state index in [1.54, 1.807) is 31.8 Å². The Labute approximate surface area is 139 Å². The number of nitrogens with one attached hydrogen (secondary N) is 1. The predicted molar refractivity (Wildman–Crippen MR) is 88.3 cm³/mol. The summed E-state index contributed by atoms with van der Waals surface area (Å²) < 4.78 is 10.5. The van der Waals surface area contributed by atoms with E-state index < -0.39 is 0 Å². The van der Waals surface area contributed by atoms with Crippen LogP contribution in [0.3, 0.4) is 0 Å². The van der Waals surface area contributed by atoms with Gasteiger partial charge in [-0.2, -0.15) is 0 Å². The number of rotatable bonds is 6. The van der Waals surface area contributed by atoms with Gasteiger partial charge in [-0.1, -0.05) is 12.1 Å². The first-order valence-electron chi connectivity index (χ1n) is 7.49. The van der Waals surface area contributed by atoms with Crippen LogP contribution in [0.5, 0.6) is 5.75 Å². The second kappa shape index (κ2) is 7.41. The highest BCUT2D eigenvalue weighted by atomic mass is 16.5. The number of carbonyl (C=O) groups excluding carboxylic acids is 1. The third-order valence-corrected chi connectivity index (χ3v) is 3.48. The molecule has 0 aliphatic rings. The standard InChI is InChI=1S/C18H17N3O3/c1-23-14-5-2-4-13(10-14)11-17(22)21-12-15-18(20-8-7-19-15)16-6-3-9-24-16/h2-10H,11-12H2,1H3,(H,21,22). The molecule has 0 bridgehead atoms. The molecule has 0 aliphatic carbocycles. The summed E-state index contributed by atoms with van der Waals surface area (Å²) in [6, 6.07) is 11.0. The summed E-state index contributed by atoms with van der Waals surface area (Å²) >= 11 is 0. The SMILES string of the molecule is COc1cccc(CC(=O)NCc2nccnc2-c2ccco2)c1. The first-order chi connectivity index (χ1) is 11.8. The van der Waals surface area contributed by atoms with Crippen LogP contribution in [-0.4, -0.2) is 23.0 Å². The molecule has 0 saturated heterocycles. The molecule has 1 aromatic carbocycles. The van der Waals surface area contributed by atoms with Crippen LogP contribution in [0.15, 0.2) is 59.5 Å². The zero-order valence-corrected chi connectivity index (χ0v) is 13.2. The topological polar surface area (TPSA) is 77.2 Å². The average molecular weight is 323 g/mol. The fraction of sp³-hybridized carbons (Fsp3) is 0.167. The van der Waals surface area contributed by atoms with E-state index in [0.717, 1.165) is 11.3 Å². The lowest BCUT2D eigenvalue weighted by atomic mass is 10.1. The molecule has 3 rings (SSSR count). The molecule has 6 heteroatoms. The van der Waals surface area contributed by atoms with Gasteiger partial charge in [-0.3, -0.25) is 9.78 Å². The molecular formula is C18H17N3O3. The molecular weight excluding hydrogens is 306 g/mol. The molecule has 6 nitrogen and oxygen atoms in total. The van der Waals surface area contributed by atoms with E-state index in [1.165, 1.54) is 0 Å². The van der Waals surface area contributed by atoms with Gasteiger partial charge < -0.3 is 14.5 Å². The van der Waals surface area contributed by atoms with Crippen LogP contribution in [-0.2, 0) is 17.8 Å². The number of methoxy groups -OCH3 is 1. The summed E-state index contributed by atoms with van der Waals surface area (Å²) in [7, 11) is 1.60. The molecule has 2 aromatic heterocycles. The van der Waals surface area contributed by atoms with Gasteiger partial charge in [-0.25, -0.2) is 4.98 Å². The summed E-state index contributed by atoms with van der Waals surface area (Å²) in [5, 5.41) is 2.86. The molecule has 0 unspecified atom stereocenters. The summed E-state index contributed by atoms with van der Waals surface area (Å²) in [5.41, 5.74) is 2.17. The highest BCUT2D eigenvalue weighted by Gasteiger charge is 2.12. The molecule has 0 radical (unpaired) electrons. The molecule has 122 valence electrons. The minimum Gasteiger partial charge on any atom is -0.497 e. The zero-order chi connectivity index (χ0) is 16.8. The molecule has 0 aliphatic heterocycles. The average Bonchev–Trinajstić information content (AvgIpc) is 3.15. The Morgan fingerprint density at radius 3 is 2.88 bits per heavy atom. The van der Waals surface area contributed by atoms with E-state index in [4.69, 9.17) is 9.15 Å². The van der Waals surface area contributed by atoms with Crippen LogP contribution >= 0.6 is 0 Å². The largest absolute Gasteiger partial charge is 0.497 e. The number of aromatic nitrogens is 2. The first-order valence-corrected chi connectivity index (χ1v) is 7.49. The van der Waals surface area contributed by atoms with Crippen molar-refractivity contribution in [2.75, 3.05) is 7.11 Å². The molecule has 0 atom stereocenters. The monoisotopic (exact) mass is 323 g/mol. The Kier molecular flexibility index (Phi) is 4.86. The number of amides is 1.